The van der Waals surface area contributed by atoms with Gasteiger partial charge in [0.15, 0.2) is 0 Å². The molecule has 0 aliphatic carbocycles. The van der Waals surface area contributed by atoms with Crippen molar-refractivity contribution in [3.8, 4) is 0 Å². The summed E-state index contributed by atoms with van der Waals surface area (Å²) in [5, 5.41) is 4.11. The van der Waals surface area contributed by atoms with Gasteiger partial charge in [-0.15, -0.1) is 0 Å². The second-order valence-corrected chi connectivity index (χ2v) is 7.07. The van der Waals surface area contributed by atoms with E-state index in [4.69, 9.17) is 34.8 Å². The number of halogens is 3. The summed E-state index contributed by atoms with van der Waals surface area (Å²) < 4.78 is 0. The number of anilines is 2. The molecule has 0 aromatic heterocycles. The first-order valence-corrected chi connectivity index (χ1v) is 8.82. The highest BCUT2D eigenvalue weighted by atomic mass is 35.5. The van der Waals surface area contributed by atoms with Gasteiger partial charge in [0.2, 0.25) is 11.8 Å². The van der Waals surface area contributed by atoms with Gasteiger partial charge in [-0.2, -0.15) is 0 Å². The molecule has 1 fully saturated rings. The van der Waals surface area contributed by atoms with E-state index in [1.54, 1.807) is 36.4 Å². The van der Waals surface area contributed by atoms with Gasteiger partial charge in [0, 0.05) is 23.7 Å². The zero-order valence-electron chi connectivity index (χ0n) is 13.4. The van der Waals surface area contributed by atoms with Crippen molar-refractivity contribution in [2.45, 2.75) is 13.3 Å². The van der Waals surface area contributed by atoms with Crippen molar-refractivity contribution in [2.75, 3.05) is 16.8 Å². The fourth-order valence-electron chi connectivity index (χ4n) is 2.79. The Kier molecular flexibility index (Phi) is 5.23. The molecule has 1 unspecified atom stereocenters. The summed E-state index contributed by atoms with van der Waals surface area (Å²) in [6.07, 6.45) is 0.119. The number of benzene rings is 2. The lowest BCUT2D eigenvalue weighted by atomic mass is 10.1. The average molecular weight is 398 g/mol. The van der Waals surface area contributed by atoms with Crippen LogP contribution in [0.1, 0.15) is 12.0 Å². The summed E-state index contributed by atoms with van der Waals surface area (Å²) in [5.41, 5.74) is 1.95. The molecule has 2 aromatic carbocycles. The predicted octanol–water partition coefficient (Wildman–Crippen LogP) is 4.95. The van der Waals surface area contributed by atoms with Crippen LogP contribution in [-0.2, 0) is 9.59 Å². The summed E-state index contributed by atoms with van der Waals surface area (Å²) >= 11 is 18.3. The van der Waals surface area contributed by atoms with Gasteiger partial charge in [-0.05, 0) is 36.8 Å². The van der Waals surface area contributed by atoms with Crippen LogP contribution in [0.4, 0.5) is 11.4 Å². The van der Waals surface area contributed by atoms with Gasteiger partial charge < -0.3 is 10.2 Å². The minimum atomic E-state index is -0.471. The van der Waals surface area contributed by atoms with E-state index in [2.05, 4.69) is 5.32 Å². The monoisotopic (exact) mass is 396 g/mol. The van der Waals surface area contributed by atoms with Crippen molar-refractivity contribution >= 4 is 58.0 Å². The maximum Gasteiger partial charge on any atom is 0.229 e. The second-order valence-electron chi connectivity index (χ2n) is 5.88. The van der Waals surface area contributed by atoms with E-state index in [0.29, 0.717) is 26.4 Å². The minimum Gasteiger partial charge on any atom is -0.325 e. The first kappa shape index (κ1) is 18.1. The summed E-state index contributed by atoms with van der Waals surface area (Å²) in [6, 6.07) is 10.4. The number of carbonyl (C=O) groups is 2. The molecule has 2 amide bonds. The molecule has 4 nitrogen and oxygen atoms in total. The van der Waals surface area contributed by atoms with E-state index in [0.717, 1.165) is 5.56 Å². The summed E-state index contributed by atoms with van der Waals surface area (Å²) in [5.74, 6) is -0.854. The van der Waals surface area contributed by atoms with E-state index in [1.165, 1.54) is 4.90 Å². The number of nitrogens with one attached hydrogen (secondary N) is 1. The molecule has 1 aliphatic rings. The van der Waals surface area contributed by atoms with Crippen LogP contribution >= 0.6 is 34.8 Å². The molecule has 1 N–H and O–H groups in total. The van der Waals surface area contributed by atoms with Crippen molar-refractivity contribution in [3.63, 3.8) is 0 Å². The zero-order valence-corrected chi connectivity index (χ0v) is 15.6. The van der Waals surface area contributed by atoms with Crippen LogP contribution in [0.3, 0.4) is 0 Å². The number of nitrogens with zero attached hydrogens (tertiary/aromatic N) is 1. The van der Waals surface area contributed by atoms with Crippen LogP contribution in [0.15, 0.2) is 36.4 Å². The Hall–Kier alpha value is -1.75. The Bertz CT molecular complexity index is 854. The van der Waals surface area contributed by atoms with E-state index in [-0.39, 0.29) is 24.8 Å². The lowest BCUT2D eigenvalue weighted by molar-refractivity contribution is -0.122. The molecule has 3 rings (SSSR count). The van der Waals surface area contributed by atoms with Gasteiger partial charge in [0.1, 0.15) is 0 Å². The van der Waals surface area contributed by atoms with Gasteiger partial charge in [-0.1, -0.05) is 46.9 Å². The highest BCUT2D eigenvalue weighted by Gasteiger charge is 2.36. The Morgan fingerprint density at radius 2 is 1.80 bits per heavy atom. The molecular weight excluding hydrogens is 383 g/mol. The molecule has 0 radical (unpaired) electrons. The van der Waals surface area contributed by atoms with Crippen LogP contribution in [0, 0.1) is 12.8 Å². The van der Waals surface area contributed by atoms with Gasteiger partial charge in [0.25, 0.3) is 0 Å². The molecule has 7 heteroatoms. The van der Waals surface area contributed by atoms with Crippen molar-refractivity contribution in [1.29, 1.82) is 0 Å². The number of carbonyl (C=O) groups excluding carboxylic acids is 2. The maximum atomic E-state index is 12.6. The van der Waals surface area contributed by atoms with Gasteiger partial charge in [0.05, 0.1) is 21.7 Å². The van der Waals surface area contributed by atoms with Crippen molar-refractivity contribution < 1.29 is 9.59 Å². The fraction of sp³-hybridized carbons (Fsp3) is 0.222. The highest BCUT2D eigenvalue weighted by Crippen LogP contribution is 2.36. The molecule has 1 atom stereocenters. The van der Waals surface area contributed by atoms with Crippen molar-refractivity contribution in [2.24, 2.45) is 5.92 Å². The first-order chi connectivity index (χ1) is 11.9. The Labute approximate surface area is 160 Å². The lowest BCUT2D eigenvalue weighted by Crippen LogP contribution is -2.28. The third-order valence-electron chi connectivity index (χ3n) is 4.24. The molecule has 1 heterocycles. The average Bonchev–Trinajstić information content (AvgIpc) is 2.96. The standard InChI is InChI=1S/C18H15Cl3N2O2/c1-10-12(19)4-2-6-14(10)22-18(25)11-8-16(24)23(9-11)15-7-3-5-13(20)17(15)21/h2-7,11H,8-9H2,1H3,(H,22,25). The quantitative estimate of drug-likeness (QED) is 0.797. The number of rotatable bonds is 3. The Morgan fingerprint density at radius 1 is 1.12 bits per heavy atom. The number of hydrogen-bond donors (Lipinski definition) is 1. The largest absolute Gasteiger partial charge is 0.325 e. The normalized spacial score (nSPS) is 17.0. The second kappa shape index (κ2) is 7.24. The Balaban J connectivity index is 1.77. The van der Waals surface area contributed by atoms with E-state index < -0.39 is 5.92 Å². The van der Waals surface area contributed by atoms with Gasteiger partial charge in [-0.3, -0.25) is 9.59 Å². The van der Waals surface area contributed by atoms with Crippen LogP contribution in [0.25, 0.3) is 0 Å². The highest BCUT2D eigenvalue weighted by molar-refractivity contribution is 6.44. The topological polar surface area (TPSA) is 49.4 Å². The van der Waals surface area contributed by atoms with E-state index in [1.807, 2.05) is 6.92 Å². The molecule has 1 aliphatic heterocycles. The summed E-state index contributed by atoms with van der Waals surface area (Å²) in [6.45, 7) is 2.08. The smallest absolute Gasteiger partial charge is 0.229 e. The van der Waals surface area contributed by atoms with E-state index in [9.17, 15) is 9.59 Å². The molecule has 0 bridgehead atoms. The first-order valence-electron chi connectivity index (χ1n) is 7.69. The molecule has 1 saturated heterocycles. The van der Waals surface area contributed by atoms with Crippen LogP contribution < -0.4 is 10.2 Å². The predicted molar refractivity (Wildman–Crippen MR) is 102 cm³/mol. The molecule has 0 spiro atoms. The third-order valence-corrected chi connectivity index (χ3v) is 5.46. The Morgan fingerprint density at radius 3 is 2.56 bits per heavy atom. The minimum absolute atomic E-state index is 0.119. The van der Waals surface area contributed by atoms with Gasteiger partial charge in [-0.25, -0.2) is 0 Å². The van der Waals surface area contributed by atoms with Crippen molar-refractivity contribution in [1.82, 2.24) is 0 Å². The lowest BCUT2D eigenvalue weighted by Gasteiger charge is -2.19. The molecule has 0 saturated carbocycles. The molecule has 25 heavy (non-hydrogen) atoms. The molecule has 130 valence electrons. The fourth-order valence-corrected chi connectivity index (χ4v) is 3.37. The molecule has 2 aromatic rings. The third kappa shape index (κ3) is 3.61. The van der Waals surface area contributed by atoms with Crippen LogP contribution in [0.5, 0.6) is 0 Å². The molecular formula is C18H15Cl3N2O2. The van der Waals surface area contributed by atoms with Gasteiger partial charge >= 0.3 is 0 Å². The maximum absolute atomic E-state index is 12.6. The number of hydrogen-bond acceptors (Lipinski definition) is 2. The van der Waals surface area contributed by atoms with E-state index >= 15 is 0 Å². The number of amides is 2. The van der Waals surface area contributed by atoms with Crippen LogP contribution in [-0.4, -0.2) is 18.4 Å². The van der Waals surface area contributed by atoms with Crippen molar-refractivity contribution in [3.05, 3.63) is 57.0 Å². The van der Waals surface area contributed by atoms with Crippen LogP contribution in [0.2, 0.25) is 15.1 Å². The zero-order chi connectivity index (χ0) is 18.1. The summed E-state index contributed by atoms with van der Waals surface area (Å²) in [7, 11) is 0. The SMILES string of the molecule is Cc1c(Cl)cccc1NC(=O)C1CC(=O)N(c2cccc(Cl)c2Cl)C1. The summed E-state index contributed by atoms with van der Waals surface area (Å²) in [4.78, 5) is 26.4.